The van der Waals surface area contributed by atoms with Crippen molar-refractivity contribution in [3.05, 3.63) is 69.3 Å². The summed E-state index contributed by atoms with van der Waals surface area (Å²) in [7, 11) is 0. The Morgan fingerprint density at radius 2 is 0.610 bits per heavy atom. The summed E-state index contributed by atoms with van der Waals surface area (Å²) in [5, 5.41) is 0. The van der Waals surface area contributed by atoms with Crippen LogP contribution in [0.3, 0.4) is 0 Å². The molecule has 2 aliphatic heterocycles. The largest absolute Gasteiger partial charge is 2.00 e. The topological polar surface area (TPSA) is 54.0 Å². The molecule has 3 aromatic rings. The molecular weight excluding hydrogens is 591 g/mol. The van der Waals surface area contributed by atoms with Gasteiger partial charge in [-0.3, -0.25) is 0 Å². The van der Waals surface area contributed by atoms with E-state index in [0.29, 0.717) is 0 Å². The molecule has 0 amide bonds. The molecule has 0 unspecified atom stereocenters. The number of hydrogen-bond acceptors (Lipinski definition) is 2. The van der Waals surface area contributed by atoms with Gasteiger partial charge in [0.25, 0.3) is 0 Å². The van der Waals surface area contributed by atoms with Crippen LogP contribution < -0.4 is 9.97 Å². The van der Waals surface area contributed by atoms with Gasteiger partial charge < -0.3 is 9.97 Å². The number of hydrogen-bond donors (Lipinski definition) is 0. The minimum absolute atomic E-state index is 0. The minimum atomic E-state index is 0. The molecule has 41 heavy (non-hydrogen) atoms. The van der Waals surface area contributed by atoms with Gasteiger partial charge in [0.15, 0.2) is 0 Å². The standard InChI is InChI=1S/C36H44N4.Rh/c1-9-21-22(10-2)30-18-32-25(13-5)26(14-6)34(39-32)20-36-28(16-8)27(15-7)35(40-36)19-33-24(12-4)23(11-3)31(38-33)17-29(21)37-30;/h17-20H,9-16H2,1-8H3;/q-2;+2. The van der Waals surface area contributed by atoms with Gasteiger partial charge in [-0.1, -0.05) is 102 Å². The van der Waals surface area contributed by atoms with Gasteiger partial charge in [0.05, 0.1) is 22.8 Å². The van der Waals surface area contributed by atoms with Crippen LogP contribution in [0.15, 0.2) is 24.3 Å². The predicted octanol–water partition coefficient (Wildman–Crippen LogP) is 9.28. The van der Waals surface area contributed by atoms with Crippen molar-refractivity contribution in [2.24, 2.45) is 0 Å². The Kier molecular flexibility index (Phi) is 9.90. The first-order valence-electron chi connectivity index (χ1n) is 15.6. The molecule has 0 aromatic carbocycles. The normalized spacial score (nSPS) is 13.3. The van der Waals surface area contributed by atoms with E-state index in [-0.39, 0.29) is 19.5 Å². The fourth-order valence-electron chi connectivity index (χ4n) is 6.92. The average Bonchev–Trinajstić information content (AvgIpc) is 3.67. The zero-order chi connectivity index (χ0) is 28.6. The van der Waals surface area contributed by atoms with Crippen molar-refractivity contribution < 1.29 is 19.5 Å². The molecular formula is C36H44N4Rh. The van der Waals surface area contributed by atoms with Crippen molar-refractivity contribution in [3.8, 4) is 0 Å². The molecule has 4 nitrogen and oxygen atoms in total. The summed E-state index contributed by atoms with van der Waals surface area (Å²) in [6.07, 6.45) is 7.60. The number of allylic oxidation sites excluding steroid dienone is 4. The van der Waals surface area contributed by atoms with Crippen LogP contribution in [-0.4, -0.2) is 9.97 Å². The Bertz CT molecular complexity index is 1440. The molecule has 1 radical (unpaired) electrons. The molecule has 5 heteroatoms. The van der Waals surface area contributed by atoms with Gasteiger partial charge in [0.2, 0.25) is 0 Å². The minimum Gasteiger partial charge on any atom is -0.657 e. The van der Waals surface area contributed by atoms with Crippen LogP contribution in [0.2, 0.25) is 0 Å². The molecule has 3 aromatic heterocycles. The Morgan fingerprint density at radius 1 is 0.390 bits per heavy atom. The van der Waals surface area contributed by atoms with Crippen LogP contribution in [0, 0.1) is 0 Å². The first-order chi connectivity index (χ1) is 19.5. The summed E-state index contributed by atoms with van der Waals surface area (Å²) in [6, 6.07) is 8.98. The van der Waals surface area contributed by atoms with E-state index in [2.05, 4.69) is 79.7 Å². The molecule has 0 aliphatic carbocycles. The summed E-state index contributed by atoms with van der Waals surface area (Å²) in [5.41, 5.74) is 19.1. The van der Waals surface area contributed by atoms with E-state index >= 15 is 0 Å². The summed E-state index contributed by atoms with van der Waals surface area (Å²) >= 11 is 0. The van der Waals surface area contributed by atoms with Crippen molar-refractivity contribution in [2.75, 3.05) is 0 Å². The predicted molar refractivity (Wildman–Crippen MR) is 171 cm³/mol. The SMILES string of the molecule is CCC1=C(CC)c2cc3[n-]c(cc4nc(cc5[n-]c(cc1n2)c(CC)c5CC)C(CC)=C4CC)c(CC)c3CC.[Rh+2]. The van der Waals surface area contributed by atoms with Crippen LogP contribution in [0.25, 0.3) is 44.4 Å². The second-order valence-corrected chi connectivity index (χ2v) is 10.8. The van der Waals surface area contributed by atoms with Crippen LogP contribution in [0.4, 0.5) is 0 Å². The summed E-state index contributed by atoms with van der Waals surface area (Å²) in [4.78, 5) is 21.0. The third kappa shape index (κ3) is 5.31. The Balaban J connectivity index is 0.00000387. The van der Waals surface area contributed by atoms with E-state index in [0.717, 1.165) is 96.2 Å². The van der Waals surface area contributed by atoms with E-state index in [1.54, 1.807) is 0 Å². The van der Waals surface area contributed by atoms with Crippen LogP contribution in [0.5, 0.6) is 0 Å². The summed E-state index contributed by atoms with van der Waals surface area (Å²) in [6.45, 7) is 17.9. The van der Waals surface area contributed by atoms with Gasteiger partial charge in [0, 0.05) is 0 Å². The maximum absolute atomic E-state index is 5.25. The van der Waals surface area contributed by atoms with Gasteiger partial charge in [-0.2, -0.15) is 0 Å². The van der Waals surface area contributed by atoms with Gasteiger partial charge in [-0.05, 0) is 73.7 Å². The Labute approximate surface area is 259 Å². The van der Waals surface area contributed by atoms with Crippen LogP contribution in [0.1, 0.15) is 126 Å². The van der Waals surface area contributed by atoms with Crippen molar-refractivity contribution in [1.82, 2.24) is 19.9 Å². The van der Waals surface area contributed by atoms with Crippen molar-refractivity contribution in [3.63, 3.8) is 0 Å². The summed E-state index contributed by atoms with van der Waals surface area (Å²) < 4.78 is 0. The van der Waals surface area contributed by atoms with Crippen LogP contribution >= 0.6 is 0 Å². The number of rotatable bonds is 8. The Hall–Kier alpha value is -2.78. The average molecular weight is 636 g/mol. The maximum atomic E-state index is 5.25. The first kappa shape index (κ1) is 31.2. The zero-order valence-electron chi connectivity index (χ0n) is 26.1. The van der Waals surface area contributed by atoms with Gasteiger partial charge in [0.1, 0.15) is 0 Å². The molecule has 0 atom stereocenters. The molecule has 5 heterocycles. The van der Waals surface area contributed by atoms with Crippen LogP contribution in [-0.2, 0) is 45.2 Å². The van der Waals surface area contributed by atoms with Gasteiger partial charge in [-0.25, -0.2) is 9.97 Å². The molecule has 2 aliphatic rings. The molecule has 0 saturated heterocycles. The van der Waals surface area contributed by atoms with E-state index in [1.165, 1.54) is 44.5 Å². The van der Waals surface area contributed by atoms with Crippen molar-refractivity contribution in [1.29, 1.82) is 0 Å². The first-order valence-corrected chi connectivity index (χ1v) is 15.6. The van der Waals surface area contributed by atoms with E-state index in [4.69, 9.17) is 19.9 Å². The summed E-state index contributed by atoms with van der Waals surface area (Å²) in [5.74, 6) is 0. The fraction of sp³-hybridized carbons (Fsp3) is 0.444. The zero-order valence-corrected chi connectivity index (χ0v) is 27.7. The third-order valence-corrected chi connectivity index (χ3v) is 8.82. The fourth-order valence-corrected chi connectivity index (χ4v) is 6.92. The van der Waals surface area contributed by atoms with Crippen molar-refractivity contribution >= 4 is 44.4 Å². The second-order valence-electron chi connectivity index (χ2n) is 10.8. The Morgan fingerprint density at radius 3 is 0.780 bits per heavy atom. The quantitative estimate of drug-likeness (QED) is 0.232. The van der Waals surface area contributed by atoms with E-state index < -0.39 is 0 Å². The molecule has 8 bridgehead atoms. The molecule has 0 saturated carbocycles. The van der Waals surface area contributed by atoms with Gasteiger partial charge >= 0.3 is 19.5 Å². The molecule has 0 fully saturated rings. The smallest absolute Gasteiger partial charge is 0.657 e. The maximum Gasteiger partial charge on any atom is 2.00 e. The molecule has 0 N–H and O–H groups in total. The number of aryl methyl sites for hydroxylation is 4. The number of fused-ring (bicyclic) bond motifs is 8. The second kappa shape index (κ2) is 13.0. The molecule has 5 rings (SSSR count). The van der Waals surface area contributed by atoms with E-state index in [1.807, 2.05) is 0 Å². The van der Waals surface area contributed by atoms with Crippen molar-refractivity contribution in [2.45, 2.75) is 107 Å². The van der Waals surface area contributed by atoms with Gasteiger partial charge in [-0.15, -0.1) is 22.1 Å². The monoisotopic (exact) mass is 635 g/mol. The molecule has 217 valence electrons. The number of aromatic nitrogens is 4. The molecule has 0 spiro atoms. The third-order valence-electron chi connectivity index (χ3n) is 8.82. The van der Waals surface area contributed by atoms with E-state index in [9.17, 15) is 0 Å². The number of nitrogens with zero attached hydrogens (tertiary/aromatic N) is 4.